The van der Waals surface area contributed by atoms with Crippen LogP contribution in [0.3, 0.4) is 0 Å². The number of hydrogen-bond donors (Lipinski definition) is 1. The molecule has 8 nitrogen and oxygen atoms in total. The third-order valence-electron chi connectivity index (χ3n) is 5.22. The monoisotopic (exact) mass is 398 g/mol. The number of hydrogen-bond acceptors (Lipinski definition) is 5. The van der Waals surface area contributed by atoms with Gasteiger partial charge in [0, 0.05) is 20.0 Å². The maximum atomic E-state index is 12.9. The number of aryl methyl sites for hydroxylation is 2. The summed E-state index contributed by atoms with van der Waals surface area (Å²) in [6.45, 7) is 5.91. The normalized spacial score (nSPS) is 17.3. The molecule has 1 fully saturated rings. The molecule has 1 aromatic carbocycles. The Hall–Kier alpha value is -3.16. The maximum absolute atomic E-state index is 12.9. The SMILES string of the molecule is CCOC(=O)c1c(C)nn(C)c1NC(=O)C1CC(=O)N(C(C)c2ccccc2)C1. The molecule has 29 heavy (non-hydrogen) atoms. The summed E-state index contributed by atoms with van der Waals surface area (Å²) in [5.41, 5.74) is 1.73. The van der Waals surface area contributed by atoms with Gasteiger partial charge in [0.15, 0.2) is 0 Å². The van der Waals surface area contributed by atoms with Gasteiger partial charge in [-0.05, 0) is 26.3 Å². The van der Waals surface area contributed by atoms with Gasteiger partial charge in [-0.25, -0.2) is 4.79 Å². The summed E-state index contributed by atoms with van der Waals surface area (Å²) in [4.78, 5) is 39.4. The fraction of sp³-hybridized carbons (Fsp3) is 0.429. The van der Waals surface area contributed by atoms with E-state index in [0.29, 0.717) is 12.2 Å². The van der Waals surface area contributed by atoms with Gasteiger partial charge in [-0.1, -0.05) is 30.3 Å². The Morgan fingerprint density at radius 1 is 1.31 bits per heavy atom. The van der Waals surface area contributed by atoms with Crippen LogP contribution in [-0.4, -0.2) is 45.6 Å². The summed E-state index contributed by atoms with van der Waals surface area (Å²) in [6, 6.07) is 9.60. The van der Waals surface area contributed by atoms with E-state index in [2.05, 4.69) is 10.4 Å². The lowest BCUT2D eigenvalue weighted by atomic mass is 10.1. The van der Waals surface area contributed by atoms with E-state index in [-0.39, 0.29) is 42.3 Å². The number of ether oxygens (including phenoxy) is 1. The average molecular weight is 398 g/mol. The van der Waals surface area contributed by atoms with Gasteiger partial charge < -0.3 is 15.0 Å². The van der Waals surface area contributed by atoms with E-state index < -0.39 is 11.9 Å². The van der Waals surface area contributed by atoms with Crippen molar-refractivity contribution in [3.63, 3.8) is 0 Å². The Balaban J connectivity index is 1.74. The first-order valence-electron chi connectivity index (χ1n) is 9.69. The van der Waals surface area contributed by atoms with E-state index in [1.165, 1.54) is 4.68 Å². The zero-order valence-corrected chi connectivity index (χ0v) is 17.1. The second-order valence-corrected chi connectivity index (χ2v) is 7.18. The van der Waals surface area contributed by atoms with Crippen LogP contribution in [0, 0.1) is 12.8 Å². The summed E-state index contributed by atoms with van der Waals surface area (Å²) in [5.74, 6) is -1.12. The summed E-state index contributed by atoms with van der Waals surface area (Å²) in [6.07, 6.45) is 0.134. The van der Waals surface area contributed by atoms with Crippen molar-refractivity contribution in [2.75, 3.05) is 18.5 Å². The first kappa shape index (κ1) is 20.6. The van der Waals surface area contributed by atoms with Crippen molar-refractivity contribution >= 4 is 23.6 Å². The minimum absolute atomic E-state index is 0.0618. The number of nitrogens with one attached hydrogen (secondary N) is 1. The first-order chi connectivity index (χ1) is 13.8. The number of nitrogens with zero attached hydrogens (tertiary/aromatic N) is 3. The van der Waals surface area contributed by atoms with E-state index >= 15 is 0 Å². The van der Waals surface area contributed by atoms with Crippen LogP contribution in [-0.2, 0) is 21.4 Å². The number of amides is 2. The van der Waals surface area contributed by atoms with Crippen molar-refractivity contribution in [3.8, 4) is 0 Å². The van der Waals surface area contributed by atoms with Gasteiger partial charge in [0.1, 0.15) is 11.4 Å². The van der Waals surface area contributed by atoms with Crippen LogP contribution < -0.4 is 5.32 Å². The topological polar surface area (TPSA) is 93.5 Å². The van der Waals surface area contributed by atoms with Crippen molar-refractivity contribution in [1.29, 1.82) is 0 Å². The summed E-state index contributed by atoms with van der Waals surface area (Å²) in [5, 5.41) is 7.00. The van der Waals surface area contributed by atoms with Gasteiger partial charge in [0.2, 0.25) is 11.8 Å². The summed E-state index contributed by atoms with van der Waals surface area (Å²) < 4.78 is 6.52. The fourth-order valence-electron chi connectivity index (χ4n) is 3.66. The van der Waals surface area contributed by atoms with Crippen molar-refractivity contribution in [2.24, 2.45) is 13.0 Å². The van der Waals surface area contributed by atoms with Crippen LogP contribution in [0.4, 0.5) is 5.82 Å². The second-order valence-electron chi connectivity index (χ2n) is 7.18. The molecular formula is C21H26N4O4. The van der Waals surface area contributed by atoms with E-state index in [1.54, 1.807) is 25.8 Å². The highest BCUT2D eigenvalue weighted by Crippen LogP contribution is 2.29. The lowest BCUT2D eigenvalue weighted by molar-refractivity contribution is -0.129. The second kappa shape index (κ2) is 8.46. The Bertz CT molecular complexity index is 922. The average Bonchev–Trinajstić information content (AvgIpc) is 3.21. The number of benzene rings is 1. The molecule has 2 unspecified atom stereocenters. The number of carbonyl (C=O) groups is 3. The van der Waals surface area contributed by atoms with E-state index in [1.807, 2.05) is 37.3 Å². The van der Waals surface area contributed by atoms with Crippen LogP contribution >= 0.6 is 0 Å². The molecule has 2 heterocycles. The first-order valence-corrected chi connectivity index (χ1v) is 9.69. The molecule has 8 heteroatoms. The molecule has 0 bridgehead atoms. The highest BCUT2D eigenvalue weighted by molar-refractivity contribution is 6.03. The number of likely N-dealkylation sites (tertiary alicyclic amines) is 1. The minimum Gasteiger partial charge on any atom is -0.462 e. The molecule has 0 saturated carbocycles. The molecule has 0 aliphatic carbocycles. The number of esters is 1. The predicted molar refractivity (Wildman–Crippen MR) is 107 cm³/mol. The summed E-state index contributed by atoms with van der Waals surface area (Å²) in [7, 11) is 1.65. The summed E-state index contributed by atoms with van der Waals surface area (Å²) >= 11 is 0. The molecule has 2 aromatic rings. The van der Waals surface area contributed by atoms with E-state index in [9.17, 15) is 14.4 Å². The Morgan fingerprint density at radius 2 is 2.00 bits per heavy atom. The van der Waals surface area contributed by atoms with Crippen LogP contribution in [0.1, 0.15) is 47.9 Å². The zero-order chi connectivity index (χ0) is 21.1. The Kier molecular flexibility index (Phi) is 6.00. The molecule has 2 atom stereocenters. The molecule has 1 saturated heterocycles. The fourth-order valence-corrected chi connectivity index (χ4v) is 3.66. The largest absolute Gasteiger partial charge is 0.462 e. The van der Waals surface area contributed by atoms with Crippen LogP contribution in [0.2, 0.25) is 0 Å². The molecule has 1 aliphatic heterocycles. The number of aromatic nitrogens is 2. The Morgan fingerprint density at radius 3 is 2.66 bits per heavy atom. The molecular weight excluding hydrogens is 372 g/mol. The number of carbonyl (C=O) groups excluding carboxylic acids is 3. The standard InChI is InChI=1S/C21H26N4O4/c1-5-29-21(28)18-13(2)23-24(4)19(18)22-20(27)16-11-17(26)25(12-16)14(3)15-9-7-6-8-10-15/h6-10,14,16H,5,11-12H2,1-4H3,(H,22,27). The van der Waals surface area contributed by atoms with Crippen molar-refractivity contribution in [2.45, 2.75) is 33.2 Å². The third kappa shape index (κ3) is 4.16. The molecule has 1 aliphatic rings. The molecule has 154 valence electrons. The van der Waals surface area contributed by atoms with Crippen molar-refractivity contribution in [3.05, 3.63) is 47.2 Å². The van der Waals surface area contributed by atoms with Gasteiger partial charge in [0.05, 0.1) is 24.3 Å². The van der Waals surface area contributed by atoms with Gasteiger partial charge in [-0.3, -0.25) is 14.3 Å². The van der Waals surface area contributed by atoms with Gasteiger partial charge >= 0.3 is 5.97 Å². The number of rotatable bonds is 6. The predicted octanol–water partition coefficient (Wildman–Crippen LogP) is 2.45. The highest BCUT2D eigenvalue weighted by Gasteiger charge is 2.38. The molecule has 1 N–H and O–H groups in total. The molecule has 0 spiro atoms. The zero-order valence-electron chi connectivity index (χ0n) is 17.1. The highest BCUT2D eigenvalue weighted by atomic mass is 16.5. The van der Waals surface area contributed by atoms with E-state index in [0.717, 1.165) is 5.56 Å². The lowest BCUT2D eigenvalue weighted by Crippen LogP contribution is -2.31. The van der Waals surface area contributed by atoms with Crippen molar-refractivity contribution in [1.82, 2.24) is 14.7 Å². The molecule has 1 aromatic heterocycles. The number of anilines is 1. The Labute approximate surface area is 169 Å². The lowest BCUT2D eigenvalue weighted by Gasteiger charge is -2.25. The minimum atomic E-state index is -0.532. The maximum Gasteiger partial charge on any atom is 0.343 e. The third-order valence-corrected chi connectivity index (χ3v) is 5.22. The van der Waals surface area contributed by atoms with E-state index in [4.69, 9.17) is 4.74 Å². The van der Waals surface area contributed by atoms with Gasteiger partial charge in [-0.2, -0.15) is 5.10 Å². The van der Waals surface area contributed by atoms with Crippen LogP contribution in [0.5, 0.6) is 0 Å². The molecule has 2 amide bonds. The van der Waals surface area contributed by atoms with Crippen LogP contribution in [0.25, 0.3) is 0 Å². The van der Waals surface area contributed by atoms with Crippen molar-refractivity contribution < 1.29 is 19.1 Å². The van der Waals surface area contributed by atoms with Gasteiger partial charge in [0.25, 0.3) is 0 Å². The molecule has 0 radical (unpaired) electrons. The smallest absolute Gasteiger partial charge is 0.343 e. The van der Waals surface area contributed by atoms with Crippen LogP contribution in [0.15, 0.2) is 30.3 Å². The molecule has 3 rings (SSSR count). The van der Waals surface area contributed by atoms with Gasteiger partial charge in [-0.15, -0.1) is 0 Å². The quantitative estimate of drug-likeness (QED) is 0.755.